The SMILES string of the molecule is O=C(CNCl)OC(CO)CCl. The number of aliphatic hydroxyl groups is 1. The molecule has 0 spiro atoms. The van der Waals surface area contributed by atoms with E-state index in [0.717, 1.165) is 0 Å². The molecule has 0 heterocycles. The van der Waals surface area contributed by atoms with Crippen LogP contribution in [-0.2, 0) is 9.53 Å². The number of alkyl halides is 1. The summed E-state index contributed by atoms with van der Waals surface area (Å²) in [5.41, 5.74) is 0. The second-order valence-electron chi connectivity index (χ2n) is 1.76. The Morgan fingerprint density at radius 1 is 1.73 bits per heavy atom. The van der Waals surface area contributed by atoms with Gasteiger partial charge in [0.2, 0.25) is 0 Å². The van der Waals surface area contributed by atoms with Crippen LogP contribution in [0.15, 0.2) is 0 Å². The third-order valence-corrected chi connectivity index (χ3v) is 1.36. The van der Waals surface area contributed by atoms with Crippen molar-refractivity contribution in [3.63, 3.8) is 0 Å². The number of aliphatic hydroxyl groups excluding tert-OH is 1. The monoisotopic (exact) mass is 201 g/mol. The van der Waals surface area contributed by atoms with Gasteiger partial charge in [0.15, 0.2) is 0 Å². The minimum atomic E-state index is -0.644. The first kappa shape index (κ1) is 11.0. The number of esters is 1. The summed E-state index contributed by atoms with van der Waals surface area (Å²) in [7, 11) is 0. The summed E-state index contributed by atoms with van der Waals surface area (Å²) in [5.74, 6) is -0.468. The molecular weight excluding hydrogens is 193 g/mol. The average molecular weight is 202 g/mol. The summed E-state index contributed by atoms with van der Waals surface area (Å²) in [5, 5.41) is 8.53. The predicted molar refractivity (Wildman–Crippen MR) is 41.5 cm³/mol. The third-order valence-electron chi connectivity index (χ3n) is 0.885. The summed E-state index contributed by atoms with van der Waals surface area (Å²) >= 11 is 10.3. The van der Waals surface area contributed by atoms with Crippen LogP contribution in [0.2, 0.25) is 0 Å². The van der Waals surface area contributed by atoms with Crippen molar-refractivity contribution in [2.75, 3.05) is 19.0 Å². The number of hydrogen-bond acceptors (Lipinski definition) is 4. The van der Waals surface area contributed by atoms with E-state index >= 15 is 0 Å². The van der Waals surface area contributed by atoms with Crippen LogP contribution in [-0.4, -0.2) is 36.2 Å². The molecule has 4 nitrogen and oxygen atoms in total. The van der Waals surface area contributed by atoms with E-state index in [4.69, 9.17) is 28.5 Å². The van der Waals surface area contributed by atoms with Crippen molar-refractivity contribution in [3.8, 4) is 0 Å². The van der Waals surface area contributed by atoms with Crippen LogP contribution < -0.4 is 4.84 Å². The van der Waals surface area contributed by atoms with Gasteiger partial charge in [0.25, 0.3) is 0 Å². The molecule has 0 bridgehead atoms. The number of hydrogen-bond donors (Lipinski definition) is 2. The second kappa shape index (κ2) is 6.67. The summed E-state index contributed by atoms with van der Waals surface area (Å²) in [6.07, 6.45) is -0.644. The zero-order valence-corrected chi connectivity index (χ0v) is 7.23. The highest BCUT2D eigenvalue weighted by atomic mass is 35.5. The van der Waals surface area contributed by atoms with Gasteiger partial charge in [-0.25, -0.2) is 4.84 Å². The largest absolute Gasteiger partial charge is 0.458 e. The van der Waals surface area contributed by atoms with Crippen LogP contribution in [0, 0.1) is 0 Å². The van der Waals surface area contributed by atoms with Crippen LogP contribution in [0.3, 0.4) is 0 Å². The molecule has 0 radical (unpaired) electrons. The van der Waals surface area contributed by atoms with E-state index in [1.807, 2.05) is 0 Å². The Balaban J connectivity index is 3.54. The van der Waals surface area contributed by atoms with Gasteiger partial charge in [0.1, 0.15) is 12.6 Å². The van der Waals surface area contributed by atoms with Gasteiger partial charge in [0, 0.05) is 0 Å². The van der Waals surface area contributed by atoms with Crippen molar-refractivity contribution in [3.05, 3.63) is 0 Å². The highest BCUT2D eigenvalue weighted by Crippen LogP contribution is 1.94. The summed E-state index contributed by atoms with van der Waals surface area (Å²) < 4.78 is 4.62. The molecule has 0 aliphatic rings. The molecular formula is C5H9Cl2NO3. The number of nitrogens with one attached hydrogen (secondary N) is 1. The van der Waals surface area contributed by atoms with Crippen molar-refractivity contribution >= 4 is 29.3 Å². The zero-order valence-electron chi connectivity index (χ0n) is 5.72. The standard InChI is InChI=1S/C5H9Cl2NO3/c6-1-4(3-9)11-5(10)2-8-7/h4,8-9H,1-3H2. The van der Waals surface area contributed by atoms with Crippen molar-refractivity contribution in [1.82, 2.24) is 4.84 Å². The first-order valence-corrected chi connectivity index (χ1v) is 3.85. The van der Waals surface area contributed by atoms with Crippen molar-refractivity contribution in [2.24, 2.45) is 0 Å². The minimum absolute atomic E-state index is 0.0739. The lowest BCUT2D eigenvalue weighted by atomic mass is 10.4. The van der Waals surface area contributed by atoms with E-state index in [1.54, 1.807) is 0 Å². The average Bonchev–Trinajstić information content (AvgIpc) is 2.01. The Labute approximate surface area is 74.5 Å². The molecule has 66 valence electrons. The molecule has 0 saturated heterocycles. The number of halogens is 2. The van der Waals surface area contributed by atoms with Crippen LogP contribution >= 0.6 is 23.4 Å². The lowest BCUT2D eigenvalue weighted by Crippen LogP contribution is -2.27. The van der Waals surface area contributed by atoms with Gasteiger partial charge >= 0.3 is 5.97 Å². The molecule has 1 atom stereocenters. The molecule has 0 aliphatic heterocycles. The summed E-state index contributed by atoms with van der Waals surface area (Å²) in [6, 6.07) is 0. The van der Waals surface area contributed by atoms with Crippen LogP contribution in [0.1, 0.15) is 0 Å². The molecule has 0 aromatic heterocycles. The van der Waals surface area contributed by atoms with E-state index < -0.39 is 12.1 Å². The van der Waals surface area contributed by atoms with Crippen LogP contribution in [0.5, 0.6) is 0 Å². The Morgan fingerprint density at radius 2 is 2.36 bits per heavy atom. The Bertz CT molecular complexity index is 118. The van der Waals surface area contributed by atoms with Crippen molar-refractivity contribution < 1.29 is 14.6 Å². The maximum absolute atomic E-state index is 10.6. The number of carbonyl (C=O) groups excluding carboxylic acids is 1. The maximum atomic E-state index is 10.6. The molecule has 6 heteroatoms. The van der Waals surface area contributed by atoms with Gasteiger partial charge in [0.05, 0.1) is 12.5 Å². The van der Waals surface area contributed by atoms with E-state index in [1.165, 1.54) is 0 Å². The van der Waals surface area contributed by atoms with E-state index in [-0.39, 0.29) is 19.0 Å². The van der Waals surface area contributed by atoms with E-state index in [2.05, 4.69) is 9.57 Å². The Kier molecular flexibility index (Phi) is 6.65. The van der Waals surface area contributed by atoms with E-state index in [9.17, 15) is 4.79 Å². The molecule has 11 heavy (non-hydrogen) atoms. The smallest absolute Gasteiger partial charge is 0.321 e. The second-order valence-corrected chi connectivity index (χ2v) is 2.34. The first-order chi connectivity index (χ1) is 5.24. The normalized spacial score (nSPS) is 12.6. The Hall–Kier alpha value is -0.0300. The quantitative estimate of drug-likeness (QED) is 0.370. The molecule has 0 saturated carbocycles. The van der Waals surface area contributed by atoms with Crippen molar-refractivity contribution in [1.29, 1.82) is 0 Å². The highest BCUT2D eigenvalue weighted by molar-refractivity contribution is 6.18. The van der Waals surface area contributed by atoms with Gasteiger partial charge in [-0.2, -0.15) is 0 Å². The topological polar surface area (TPSA) is 58.6 Å². The number of carbonyl (C=O) groups is 1. The molecule has 0 aliphatic carbocycles. The van der Waals surface area contributed by atoms with E-state index in [0.29, 0.717) is 0 Å². The Morgan fingerprint density at radius 3 is 2.73 bits per heavy atom. The van der Waals surface area contributed by atoms with Crippen LogP contribution in [0.25, 0.3) is 0 Å². The fourth-order valence-corrected chi connectivity index (χ4v) is 0.669. The lowest BCUT2D eigenvalue weighted by Gasteiger charge is -2.11. The summed E-state index contributed by atoms with van der Waals surface area (Å²) in [4.78, 5) is 12.7. The fourth-order valence-electron chi connectivity index (χ4n) is 0.400. The van der Waals surface area contributed by atoms with Gasteiger partial charge in [-0.1, -0.05) is 0 Å². The van der Waals surface area contributed by atoms with Gasteiger partial charge in [-0.3, -0.25) is 4.79 Å². The zero-order chi connectivity index (χ0) is 8.69. The number of rotatable bonds is 5. The van der Waals surface area contributed by atoms with Crippen molar-refractivity contribution in [2.45, 2.75) is 6.10 Å². The molecule has 0 aromatic rings. The lowest BCUT2D eigenvalue weighted by molar-refractivity contribution is -0.148. The fraction of sp³-hybridized carbons (Fsp3) is 0.800. The molecule has 0 fully saturated rings. The molecule has 0 aromatic carbocycles. The maximum Gasteiger partial charge on any atom is 0.321 e. The van der Waals surface area contributed by atoms with Gasteiger partial charge in [-0.05, 0) is 11.8 Å². The molecule has 0 amide bonds. The minimum Gasteiger partial charge on any atom is -0.458 e. The highest BCUT2D eigenvalue weighted by Gasteiger charge is 2.10. The molecule has 2 N–H and O–H groups in total. The van der Waals surface area contributed by atoms with Gasteiger partial charge < -0.3 is 9.84 Å². The molecule has 0 rings (SSSR count). The summed E-state index contributed by atoms with van der Waals surface area (Å²) in [6.45, 7) is -0.382. The first-order valence-electron chi connectivity index (χ1n) is 2.94. The predicted octanol–water partition coefficient (Wildman–Crippen LogP) is -0.127. The van der Waals surface area contributed by atoms with Gasteiger partial charge in [-0.15, -0.1) is 11.6 Å². The number of ether oxygens (including phenoxy) is 1. The third kappa shape index (κ3) is 5.26. The van der Waals surface area contributed by atoms with Crippen LogP contribution in [0.4, 0.5) is 0 Å². The molecule has 1 unspecified atom stereocenters.